The molecule has 3 aromatic carbocycles. The minimum atomic E-state index is -4.18. The van der Waals surface area contributed by atoms with Gasteiger partial charge >= 0.3 is 5.97 Å². The number of carbonyl (C=O) groups is 3. The van der Waals surface area contributed by atoms with Gasteiger partial charge in [0.15, 0.2) is 0 Å². The molecule has 1 aliphatic heterocycles. The molecule has 1 heterocycles. The summed E-state index contributed by atoms with van der Waals surface area (Å²) in [4.78, 5) is 38.6. The molecule has 0 saturated carbocycles. The molecule has 3 aromatic rings. The Bertz CT molecular complexity index is 1420. The van der Waals surface area contributed by atoms with Gasteiger partial charge in [-0.05, 0) is 55.0 Å². The number of rotatable bonds is 7. The molecule has 1 unspecified atom stereocenters. The summed E-state index contributed by atoms with van der Waals surface area (Å²) >= 11 is 6.31. The van der Waals surface area contributed by atoms with E-state index in [0.29, 0.717) is 10.6 Å². The Morgan fingerprint density at radius 3 is 2.28 bits per heavy atom. The highest BCUT2D eigenvalue weighted by Gasteiger charge is 2.47. The first-order chi connectivity index (χ1) is 17.1. The highest BCUT2D eigenvalue weighted by molar-refractivity contribution is 7.89. The monoisotopic (exact) mass is 526 g/mol. The van der Waals surface area contributed by atoms with Crippen LogP contribution in [0.25, 0.3) is 0 Å². The number of ether oxygens (including phenoxy) is 1. The molecule has 1 saturated heterocycles. The highest BCUT2D eigenvalue weighted by atomic mass is 35.5. The fourth-order valence-electron chi connectivity index (χ4n) is 3.94. The summed E-state index contributed by atoms with van der Waals surface area (Å²) in [6.45, 7) is 2.90. The number of hydrogen-bond donors (Lipinski definition) is 0. The van der Waals surface area contributed by atoms with Gasteiger partial charge < -0.3 is 4.74 Å². The Morgan fingerprint density at radius 1 is 1.03 bits per heavy atom. The van der Waals surface area contributed by atoms with E-state index >= 15 is 0 Å². The molecule has 10 heteroatoms. The smallest absolute Gasteiger partial charge is 0.308 e. The number of imide groups is 1. The van der Waals surface area contributed by atoms with Crippen molar-refractivity contribution in [3.8, 4) is 5.75 Å². The van der Waals surface area contributed by atoms with Gasteiger partial charge in [-0.2, -0.15) is 4.31 Å². The zero-order chi connectivity index (χ0) is 26.0. The van der Waals surface area contributed by atoms with Crippen molar-refractivity contribution in [2.24, 2.45) is 0 Å². The predicted molar refractivity (Wildman–Crippen MR) is 134 cm³/mol. The molecule has 1 fully saturated rings. The maximum Gasteiger partial charge on any atom is 0.308 e. The third kappa shape index (κ3) is 5.18. The maximum absolute atomic E-state index is 13.7. The van der Waals surface area contributed by atoms with Gasteiger partial charge in [-0.15, -0.1) is 0 Å². The number of aryl methyl sites for hydroxylation is 1. The number of nitrogens with zero attached hydrogens (tertiary/aromatic N) is 2. The molecular weight excluding hydrogens is 504 g/mol. The first-order valence-corrected chi connectivity index (χ1v) is 12.9. The summed E-state index contributed by atoms with van der Waals surface area (Å²) in [7, 11) is -4.18. The highest BCUT2D eigenvalue weighted by Crippen LogP contribution is 2.32. The number of sulfonamides is 1. The fourth-order valence-corrected chi connectivity index (χ4v) is 5.70. The molecule has 0 N–H and O–H groups in total. The van der Waals surface area contributed by atoms with Gasteiger partial charge in [0.2, 0.25) is 15.9 Å². The predicted octanol–water partition coefficient (Wildman–Crippen LogP) is 4.10. The Labute approximate surface area is 214 Å². The quantitative estimate of drug-likeness (QED) is 0.261. The standard InChI is InChI=1S/C26H23ClN2O6S/c1-17-7-13-22(14-8-17)36(33,34)28(16-19-5-3-4-6-23(19)27)24-15-25(31)29(26(24)32)20-9-11-21(12-10-20)35-18(2)30/h3-14,24H,15-16H2,1-2H3. The molecule has 2 amide bonds. The minimum Gasteiger partial charge on any atom is -0.427 e. The number of halogens is 1. The average molecular weight is 527 g/mol. The molecule has 4 rings (SSSR count). The zero-order valence-corrected chi connectivity index (χ0v) is 21.1. The molecule has 0 bridgehead atoms. The van der Waals surface area contributed by atoms with Gasteiger partial charge in [-0.25, -0.2) is 13.3 Å². The lowest BCUT2D eigenvalue weighted by Gasteiger charge is -2.27. The van der Waals surface area contributed by atoms with Crippen molar-refractivity contribution in [3.05, 3.63) is 88.9 Å². The molecule has 8 nitrogen and oxygen atoms in total. The van der Waals surface area contributed by atoms with Gasteiger partial charge in [0.25, 0.3) is 5.91 Å². The third-order valence-corrected chi connectivity index (χ3v) is 7.98. The lowest BCUT2D eigenvalue weighted by atomic mass is 10.2. The molecule has 0 aliphatic carbocycles. The molecule has 0 spiro atoms. The van der Waals surface area contributed by atoms with Gasteiger partial charge in [-0.3, -0.25) is 14.4 Å². The number of benzene rings is 3. The summed E-state index contributed by atoms with van der Waals surface area (Å²) in [5.74, 6) is -1.48. The number of amides is 2. The summed E-state index contributed by atoms with van der Waals surface area (Å²) < 4.78 is 33.5. The van der Waals surface area contributed by atoms with Crippen LogP contribution in [0, 0.1) is 6.92 Å². The number of anilines is 1. The molecule has 0 aromatic heterocycles. The second-order valence-corrected chi connectivity index (χ2v) is 10.6. The normalized spacial score (nSPS) is 16.0. The van der Waals surface area contributed by atoms with Gasteiger partial charge in [0.1, 0.15) is 11.8 Å². The van der Waals surface area contributed by atoms with Crippen molar-refractivity contribution in [2.75, 3.05) is 4.90 Å². The van der Waals surface area contributed by atoms with Crippen molar-refractivity contribution in [3.63, 3.8) is 0 Å². The van der Waals surface area contributed by atoms with E-state index in [9.17, 15) is 22.8 Å². The summed E-state index contributed by atoms with van der Waals surface area (Å²) in [5.41, 5.74) is 1.62. The fraction of sp³-hybridized carbons (Fsp3) is 0.192. The molecule has 1 aliphatic rings. The Hall–Kier alpha value is -3.53. The van der Waals surface area contributed by atoms with Crippen LogP contribution < -0.4 is 9.64 Å². The van der Waals surface area contributed by atoms with Crippen LogP contribution in [0.5, 0.6) is 5.75 Å². The van der Waals surface area contributed by atoms with Crippen LogP contribution in [0.3, 0.4) is 0 Å². The summed E-state index contributed by atoms with van der Waals surface area (Å²) in [5, 5.41) is 0.344. The molecule has 36 heavy (non-hydrogen) atoms. The lowest BCUT2D eigenvalue weighted by Crippen LogP contribution is -2.45. The van der Waals surface area contributed by atoms with Crippen LogP contribution in [-0.4, -0.2) is 36.5 Å². The molecular formula is C26H23ClN2O6S. The van der Waals surface area contributed by atoms with Crippen LogP contribution in [0.15, 0.2) is 77.7 Å². The van der Waals surface area contributed by atoms with Crippen LogP contribution in [0.2, 0.25) is 5.02 Å². The van der Waals surface area contributed by atoms with E-state index in [1.165, 1.54) is 43.3 Å². The largest absolute Gasteiger partial charge is 0.427 e. The van der Waals surface area contributed by atoms with E-state index in [2.05, 4.69) is 0 Å². The van der Waals surface area contributed by atoms with Gasteiger partial charge in [0, 0.05) is 18.5 Å². The van der Waals surface area contributed by atoms with Crippen molar-refractivity contribution in [1.82, 2.24) is 4.31 Å². The van der Waals surface area contributed by atoms with E-state index < -0.39 is 33.8 Å². The minimum absolute atomic E-state index is 0.00425. The molecule has 186 valence electrons. The molecule has 1 atom stereocenters. The van der Waals surface area contributed by atoms with E-state index in [1.54, 1.807) is 36.4 Å². The second-order valence-electron chi connectivity index (χ2n) is 8.33. The number of hydrogen-bond acceptors (Lipinski definition) is 6. The maximum atomic E-state index is 13.7. The van der Waals surface area contributed by atoms with Crippen LogP contribution in [-0.2, 0) is 31.0 Å². The first-order valence-electron chi connectivity index (χ1n) is 11.0. The number of esters is 1. The molecule has 0 radical (unpaired) electrons. The Balaban J connectivity index is 1.71. The van der Waals surface area contributed by atoms with Crippen LogP contribution in [0.4, 0.5) is 5.69 Å². The van der Waals surface area contributed by atoms with Gasteiger partial charge in [0.05, 0.1) is 17.0 Å². The Morgan fingerprint density at radius 2 is 1.67 bits per heavy atom. The van der Waals surface area contributed by atoms with Crippen LogP contribution in [0.1, 0.15) is 24.5 Å². The van der Waals surface area contributed by atoms with Crippen molar-refractivity contribution in [1.29, 1.82) is 0 Å². The van der Waals surface area contributed by atoms with Crippen molar-refractivity contribution >= 4 is 45.1 Å². The zero-order valence-electron chi connectivity index (χ0n) is 19.5. The SMILES string of the molecule is CC(=O)Oc1ccc(N2C(=O)CC(N(Cc3ccccc3Cl)S(=O)(=O)c3ccc(C)cc3)C2=O)cc1. The summed E-state index contributed by atoms with van der Waals surface area (Å²) in [6, 6.07) is 17.6. The van der Waals surface area contributed by atoms with E-state index in [1.807, 2.05) is 6.92 Å². The number of carbonyl (C=O) groups excluding carboxylic acids is 3. The van der Waals surface area contributed by atoms with E-state index in [-0.39, 0.29) is 29.3 Å². The van der Waals surface area contributed by atoms with E-state index in [4.69, 9.17) is 16.3 Å². The second kappa shape index (κ2) is 10.2. The Kier molecular flexibility index (Phi) is 7.26. The van der Waals surface area contributed by atoms with Crippen molar-refractivity contribution in [2.45, 2.75) is 37.8 Å². The van der Waals surface area contributed by atoms with Crippen LogP contribution >= 0.6 is 11.6 Å². The summed E-state index contributed by atoms with van der Waals surface area (Å²) in [6.07, 6.45) is -0.333. The van der Waals surface area contributed by atoms with E-state index in [0.717, 1.165) is 14.8 Å². The third-order valence-electron chi connectivity index (χ3n) is 5.74. The first kappa shape index (κ1) is 25.6. The van der Waals surface area contributed by atoms with Crippen molar-refractivity contribution < 1.29 is 27.5 Å². The average Bonchev–Trinajstić information content (AvgIpc) is 3.12. The topological polar surface area (TPSA) is 101 Å². The lowest BCUT2D eigenvalue weighted by molar-refractivity contribution is -0.132. The van der Waals surface area contributed by atoms with Gasteiger partial charge in [-0.1, -0.05) is 47.5 Å².